The molecule has 1 heterocycles. The minimum atomic E-state index is -1.05. The maximum absolute atomic E-state index is 11.1. The minimum absolute atomic E-state index is 0.100. The van der Waals surface area contributed by atoms with Crippen molar-refractivity contribution in [2.24, 2.45) is 0 Å². The van der Waals surface area contributed by atoms with Crippen LogP contribution in [0.5, 0.6) is 0 Å². The first-order valence-corrected chi connectivity index (χ1v) is 6.45. The Balaban J connectivity index is 2.08. The lowest BCUT2D eigenvalue weighted by molar-refractivity contribution is -0.0543. The Morgan fingerprint density at radius 1 is 1.42 bits per heavy atom. The highest BCUT2D eigenvalue weighted by atomic mass is 35.5. The van der Waals surface area contributed by atoms with Crippen molar-refractivity contribution in [2.75, 3.05) is 25.1 Å². The highest BCUT2D eigenvalue weighted by Gasteiger charge is 2.29. The van der Waals surface area contributed by atoms with Crippen LogP contribution in [0.25, 0.3) is 0 Å². The van der Waals surface area contributed by atoms with E-state index in [1.807, 2.05) is 0 Å². The van der Waals surface area contributed by atoms with Crippen molar-refractivity contribution in [3.05, 3.63) is 28.8 Å². The average molecular weight is 286 g/mol. The molecule has 1 aliphatic heterocycles. The monoisotopic (exact) mass is 285 g/mol. The summed E-state index contributed by atoms with van der Waals surface area (Å²) in [5.74, 6) is -1.05. The number of nitrogens with one attached hydrogen (secondary N) is 1. The fraction of sp³-hybridized carbons (Fsp3) is 0.462. The summed E-state index contributed by atoms with van der Waals surface area (Å²) < 4.78 is 5.20. The van der Waals surface area contributed by atoms with Gasteiger partial charge in [0, 0.05) is 43.3 Å². The minimum Gasteiger partial charge on any atom is -0.478 e. The van der Waals surface area contributed by atoms with E-state index < -0.39 is 11.6 Å². The number of aromatic carboxylic acids is 1. The third-order valence-electron chi connectivity index (χ3n) is 3.24. The molecule has 0 aliphatic carbocycles. The molecule has 2 rings (SSSR count). The molecule has 104 valence electrons. The van der Waals surface area contributed by atoms with Gasteiger partial charge in [-0.3, -0.25) is 0 Å². The normalized spacial score (nSPS) is 18.0. The van der Waals surface area contributed by atoms with Gasteiger partial charge in [-0.05, 0) is 18.2 Å². The van der Waals surface area contributed by atoms with Crippen molar-refractivity contribution in [2.45, 2.75) is 18.4 Å². The Labute approximate surface area is 116 Å². The number of ether oxygens (including phenoxy) is 1. The number of anilines is 1. The van der Waals surface area contributed by atoms with Gasteiger partial charge in [0.2, 0.25) is 0 Å². The topological polar surface area (TPSA) is 78.8 Å². The molecule has 1 aliphatic rings. The van der Waals surface area contributed by atoms with Gasteiger partial charge in [-0.15, -0.1) is 0 Å². The van der Waals surface area contributed by atoms with Crippen molar-refractivity contribution in [1.82, 2.24) is 0 Å². The quantitative estimate of drug-likeness (QED) is 0.788. The number of aliphatic hydroxyl groups is 1. The van der Waals surface area contributed by atoms with Crippen LogP contribution in [0.4, 0.5) is 5.69 Å². The van der Waals surface area contributed by atoms with Crippen molar-refractivity contribution < 1.29 is 19.7 Å². The molecule has 1 aromatic rings. The van der Waals surface area contributed by atoms with Crippen molar-refractivity contribution in [1.29, 1.82) is 0 Å². The zero-order valence-electron chi connectivity index (χ0n) is 10.4. The Bertz CT molecular complexity index is 472. The first kappa shape index (κ1) is 14.1. The molecule has 0 radical (unpaired) electrons. The van der Waals surface area contributed by atoms with E-state index in [-0.39, 0.29) is 12.1 Å². The van der Waals surface area contributed by atoms with Crippen LogP contribution in [0.15, 0.2) is 18.2 Å². The molecule has 0 aromatic heterocycles. The van der Waals surface area contributed by atoms with E-state index >= 15 is 0 Å². The number of hydrogen-bond acceptors (Lipinski definition) is 4. The largest absolute Gasteiger partial charge is 0.478 e. The van der Waals surface area contributed by atoms with Crippen molar-refractivity contribution >= 4 is 23.3 Å². The van der Waals surface area contributed by atoms with Gasteiger partial charge in [-0.1, -0.05) is 11.6 Å². The van der Waals surface area contributed by atoms with Crippen molar-refractivity contribution in [3.63, 3.8) is 0 Å². The maximum atomic E-state index is 11.1. The molecular weight excluding hydrogens is 270 g/mol. The molecule has 6 heteroatoms. The van der Waals surface area contributed by atoms with E-state index in [9.17, 15) is 9.90 Å². The molecule has 0 atom stereocenters. The number of rotatable bonds is 4. The van der Waals surface area contributed by atoms with Crippen LogP contribution in [0.1, 0.15) is 23.2 Å². The lowest BCUT2D eigenvalue weighted by atomic mass is 9.94. The van der Waals surface area contributed by atoms with Gasteiger partial charge in [0.15, 0.2) is 0 Å². The van der Waals surface area contributed by atoms with Crippen LogP contribution in [-0.2, 0) is 4.74 Å². The molecule has 0 amide bonds. The van der Waals surface area contributed by atoms with E-state index in [1.165, 1.54) is 6.07 Å². The molecule has 0 bridgehead atoms. The number of hydrogen-bond donors (Lipinski definition) is 3. The van der Waals surface area contributed by atoms with Crippen LogP contribution in [0, 0.1) is 0 Å². The summed E-state index contributed by atoms with van der Waals surface area (Å²) in [6.07, 6.45) is 1.08. The predicted molar refractivity (Wildman–Crippen MR) is 71.9 cm³/mol. The number of carbonyl (C=O) groups is 1. The molecule has 3 N–H and O–H groups in total. The Hall–Kier alpha value is -1.30. The standard InChI is InChI=1S/C13H16ClNO4/c14-9-1-2-11(10(7-9)12(16)17)15-8-13(18)3-5-19-6-4-13/h1-2,7,15,18H,3-6,8H2,(H,16,17). The third kappa shape index (κ3) is 3.59. The lowest BCUT2D eigenvalue weighted by Crippen LogP contribution is -2.42. The van der Waals surface area contributed by atoms with Crippen LogP contribution in [-0.4, -0.2) is 41.5 Å². The second-order valence-corrected chi connectivity index (χ2v) is 5.12. The molecule has 0 saturated carbocycles. The van der Waals surface area contributed by atoms with Crippen LogP contribution >= 0.6 is 11.6 Å². The van der Waals surface area contributed by atoms with Gasteiger partial charge >= 0.3 is 5.97 Å². The molecule has 1 saturated heterocycles. The lowest BCUT2D eigenvalue weighted by Gasteiger charge is -2.32. The molecule has 0 unspecified atom stereocenters. The summed E-state index contributed by atoms with van der Waals surface area (Å²) in [6.45, 7) is 1.33. The smallest absolute Gasteiger partial charge is 0.337 e. The van der Waals surface area contributed by atoms with Gasteiger partial charge in [0.25, 0.3) is 0 Å². The summed E-state index contributed by atoms with van der Waals surface area (Å²) in [7, 11) is 0. The SMILES string of the molecule is O=C(O)c1cc(Cl)ccc1NCC1(O)CCOCC1. The fourth-order valence-corrected chi connectivity index (χ4v) is 2.21. The van der Waals surface area contributed by atoms with Gasteiger partial charge in [-0.2, -0.15) is 0 Å². The number of carboxylic acids is 1. The number of halogens is 1. The van der Waals surface area contributed by atoms with E-state index in [4.69, 9.17) is 21.4 Å². The summed E-state index contributed by atoms with van der Waals surface area (Å²) in [5.41, 5.74) is -0.298. The summed E-state index contributed by atoms with van der Waals surface area (Å²) in [6, 6.07) is 4.61. The molecule has 0 spiro atoms. The molecular formula is C13H16ClNO4. The number of carboxylic acid groups (broad SMARTS) is 1. The second kappa shape index (κ2) is 5.77. The predicted octanol–water partition coefficient (Wildman–Crippen LogP) is 1.99. The zero-order chi connectivity index (χ0) is 13.9. The van der Waals surface area contributed by atoms with Gasteiger partial charge < -0.3 is 20.3 Å². The summed E-state index contributed by atoms with van der Waals surface area (Å²) >= 11 is 5.78. The number of benzene rings is 1. The Morgan fingerprint density at radius 2 is 2.11 bits per heavy atom. The Kier molecular flexibility index (Phi) is 4.29. The molecule has 1 aromatic carbocycles. The zero-order valence-corrected chi connectivity index (χ0v) is 11.1. The third-order valence-corrected chi connectivity index (χ3v) is 3.48. The van der Waals surface area contributed by atoms with Gasteiger partial charge in [0.1, 0.15) is 0 Å². The second-order valence-electron chi connectivity index (χ2n) is 4.69. The fourth-order valence-electron chi connectivity index (χ4n) is 2.04. The first-order valence-electron chi connectivity index (χ1n) is 6.07. The highest BCUT2D eigenvalue weighted by molar-refractivity contribution is 6.31. The van der Waals surface area contributed by atoms with Crippen LogP contribution < -0.4 is 5.32 Å². The maximum Gasteiger partial charge on any atom is 0.337 e. The summed E-state index contributed by atoms with van der Waals surface area (Å²) in [4.78, 5) is 11.1. The first-order chi connectivity index (χ1) is 9.00. The highest BCUT2D eigenvalue weighted by Crippen LogP contribution is 2.24. The van der Waals surface area contributed by atoms with E-state index in [0.29, 0.717) is 36.8 Å². The molecule has 19 heavy (non-hydrogen) atoms. The van der Waals surface area contributed by atoms with Gasteiger partial charge in [-0.25, -0.2) is 4.79 Å². The molecule has 1 fully saturated rings. The van der Waals surface area contributed by atoms with E-state index in [2.05, 4.69) is 5.32 Å². The van der Waals surface area contributed by atoms with Gasteiger partial charge in [0.05, 0.1) is 11.2 Å². The van der Waals surface area contributed by atoms with Crippen LogP contribution in [0.3, 0.4) is 0 Å². The van der Waals surface area contributed by atoms with Crippen molar-refractivity contribution in [3.8, 4) is 0 Å². The van der Waals surface area contributed by atoms with E-state index in [0.717, 1.165) is 0 Å². The summed E-state index contributed by atoms with van der Waals surface area (Å²) in [5, 5.41) is 22.8. The Morgan fingerprint density at radius 3 is 2.74 bits per heavy atom. The van der Waals surface area contributed by atoms with E-state index in [1.54, 1.807) is 12.1 Å². The molecule has 5 nitrogen and oxygen atoms in total. The average Bonchev–Trinajstić information content (AvgIpc) is 2.38. The van der Waals surface area contributed by atoms with Crippen LogP contribution in [0.2, 0.25) is 5.02 Å².